The van der Waals surface area contributed by atoms with Gasteiger partial charge in [-0.15, -0.1) is 0 Å². The van der Waals surface area contributed by atoms with E-state index in [0.717, 1.165) is 33.6 Å². The number of benzene rings is 2. The van der Waals surface area contributed by atoms with Crippen LogP contribution in [-0.4, -0.2) is 51.7 Å². The third kappa shape index (κ3) is 3.65. The highest BCUT2D eigenvalue weighted by Crippen LogP contribution is 2.36. The van der Waals surface area contributed by atoms with E-state index in [2.05, 4.69) is 0 Å². The number of ether oxygens (including phenoxy) is 2. The van der Waals surface area contributed by atoms with Gasteiger partial charge in [0, 0.05) is 23.5 Å². The Hall–Kier alpha value is -2.07. The van der Waals surface area contributed by atoms with E-state index in [9.17, 15) is 0 Å². The Morgan fingerprint density at radius 3 is 2.58 bits per heavy atom. The summed E-state index contributed by atoms with van der Waals surface area (Å²) in [5.74, 6) is 1.57. The van der Waals surface area contributed by atoms with Gasteiger partial charge in [-0.1, -0.05) is 24.3 Å². The zero-order valence-electron chi connectivity index (χ0n) is 18.9. The lowest BCUT2D eigenvalue weighted by atomic mass is 9.77. The molecular formula is C23H28B2N2O6. The summed E-state index contributed by atoms with van der Waals surface area (Å²) in [7, 11) is -0.999. The largest absolute Gasteiger partial charge is 0.498 e. The molecule has 4 unspecified atom stereocenters. The van der Waals surface area contributed by atoms with Crippen molar-refractivity contribution in [3.63, 3.8) is 0 Å². The summed E-state index contributed by atoms with van der Waals surface area (Å²) < 4.78 is 37.1. The lowest BCUT2D eigenvalue weighted by molar-refractivity contribution is 0.0353. The molecule has 0 saturated heterocycles. The van der Waals surface area contributed by atoms with Gasteiger partial charge in [0.25, 0.3) is 0 Å². The Morgan fingerprint density at radius 1 is 1.00 bits per heavy atom. The van der Waals surface area contributed by atoms with Gasteiger partial charge in [0.15, 0.2) is 0 Å². The zero-order chi connectivity index (χ0) is 22.7. The van der Waals surface area contributed by atoms with Gasteiger partial charge in [0.05, 0.1) is 24.9 Å². The molecule has 0 aliphatic carbocycles. The first-order chi connectivity index (χ1) is 15.9. The molecule has 8 nitrogen and oxygen atoms in total. The van der Waals surface area contributed by atoms with E-state index in [1.165, 1.54) is 0 Å². The minimum Gasteiger partial charge on any atom is -0.491 e. The number of rotatable bonds is 4. The minimum atomic E-state index is -0.509. The van der Waals surface area contributed by atoms with Crippen molar-refractivity contribution in [3.8, 4) is 11.5 Å². The van der Waals surface area contributed by atoms with Gasteiger partial charge in [0.2, 0.25) is 0 Å². The van der Waals surface area contributed by atoms with E-state index >= 15 is 0 Å². The van der Waals surface area contributed by atoms with Crippen molar-refractivity contribution < 1.29 is 28.1 Å². The van der Waals surface area contributed by atoms with Crippen LogP contribution in [0.15, 0.2) is 36.4 Å². The Balaban J connectivity index is 1.21. The van der Waals surface area contributed by atoms with Crippen molar-refractivity contribution in [2.75, 3.05) is 19.8 Å². The fraction of sp³-hybridized carbons (Fsp3) is 0.478. The normalized spacial score (nSPS) is 27.7. The van der Waals surface area contributed by atoms with Crippen molar-refractivity contribution in [2.24, 2.45) is 11.5 Å². The van der Waals surface area contributed by atoms with Crippen molar-refractivity contribution in [3.05, 3.63) is 47.5 Å². The maximum absolute atomic E-state index is 6.70. The maximum atomic E-state index is 6.70. The van der Waals surface area contributed by atoms with E-state index in [1.54, 1.807) is 0 Å². The SMILES string of the molecule is CC1(C)COB2OC(C(N)CC3COc4cccc5c4B(O3)OC5CN)c3cccc(c32)O1. The zero-order valence-corrected chi connectivity index (χ0v) is 18.9. The summed E-state index contributed by atoms with van der Waals surface area (Å²) in [4.78, 5) is 0. The smallest absolute Gasteiger partial charge is 0.491 e. The number of hydrogen-bond donors (Lipinski definition) is 2. The number of hydrogen-bond acceptors (Lipinski definition) is 8. The first-order valence-corrected chi connectivity index (χ1v) is 11.5. The second-order valence-electron chi connectivity index (χ2n) is 9.74. The molecule has 6 rings (SSSR count). The highest BCUT2D eigenvalue weighted by molar-refractivity contribution is 6.64. The van der Waals surface area contributed by atoms with Gasteiger partial charge in [0.1, 0.15) is 23.7 Å². The summed E-state index contributed by atoms with van der Waals surface area (Å²) in [6.45, 7) is 5.20. The van der Waals surface area contributed by atoms with E-state index in [1.807, 2.05) is 50.2 Å². The second kappa shape index (κ2) is 8.01. The van der Waals surface area contributed by atoms with Crippen LogP contribution in [0.25, 0.3) is 0 Å². The van der Waals surface area contributed by atoms with Gasteiger partial charge >= 0.3 is 14.2 Å². The molecule has 0 aromatic heterocycles. The molecule has 2 aromatic rings. The van der Waals surface area contributed by atoms with Crippen LogP contribution >= 0.6 is 0 Å². The Morgan fingerprint density at radius 2 is 1.76 bits per heavy atom. The lowest BCUT2D eigenvalue weighted by Gasteiger charge is -2.28. The molecule has 4 N–H and O–H groups in total. The summed E-state index contributed by atoms with van der Waals surface area (Å²) in [6, 6.07) is 11.6. The standard InChI is InChI=1S/C23H28B2N2O6/c1-23(2)12-29-24-21-15(6-4-8-18(21)30-23)22(33-24)16(27)9-13-11-28-17-7-3-5-14-19(10-26)32-25(31-13)20(14)17/h3-8,13,16,19,22H,9-12,26-27H2,1-2H3. The molecule has 0 radical (unpaired) electrons. The molecule has 4 aliphatic heterocycles. The molecule has 0 spiro atoms. The van der Waals surface area contributed by atoms with Gasteiger partial charge in [-0.2, -0.15) is 0 Å². The van der Waals surface area contributed by atoms with Crippen molar-refractivity contribution in [1.29, 1.82) is 0 Å². The predicted molar refractivity (Wildman–Crippen MR) is 124 cm³/mol. The topological polar surface area (TPSA) is 107 Å². The minimum absolute atomic E-state index is 0.197. The Kier molecular flexibility index (Phi) is 5.21. The molecule has 0 bridgehead atoms. The Bertz CT molecular complexity index is 1070. The van der Waals surface area contributed by atoms with Gasteiger partial charge in [-0.3, -0.25) is 0 Å². The summed E-state index contributed by atoms with van der Waals surface area (Å²) in [5.41, 5.74) is 16.1. The van der Waals surface area contributed by atoms with Crippen LogP contribution in [0.1, 0.15) is 43.6 Å². The van der Waals surface area contributed by atoms with Crippen LogP contribution in [0.4, 0.5) is 0 Å². The first kappa shape index (κ1) is 21.5. The average molecular weight is 450 g/mol. The van der Waals surface area contributed by atoms with E-state index in [-0.39, 0.29) is 24.4 Å². The summed E-state index contributed by atoms with van der Waals surface area (Å²) in [5, 5.41) is 0. The molecule has 2 aromatic carbocycles. The second-order valence-corrected chi connectivity index (χ2v) is 9.74. The van der Waals surface area contributed by atoms with Gasteiger partial charge in [-0.05, 0) is 43.5 Å². The van der Waals surface area contributed by atoms with Gasteiger partial charge < -0.3 is 39.6 Å². The van der Waals surface area contributed by atoms with Crippen LogP contribution in [0.2, 0.25) is 0 Å². The molecule has 4 atom stereocenters. The highest BCUT2D eigenvalue weighted by Gasteiger charge is 2.47. The Labute approximate surface area is 194 Å². The molecule has 0 amide bonds. The molecule has 172 valence electrons. The fourth-order valence-corrected chi connectivity index (χ4v) is 5.22. The molecular weight excluding hydrogens is 422 g/mol. The average Bonchev–Trinajstić information content (AvgIpc) is 3.24. The fourth-order valence-electron chi connectivity index (χ4n) is 5.22. The van der Waals surface area contributed by atoms with Crippen LogP contribution < -0.4 is 31.9 Å². The van der Waals surface area contributed by atoms with E-state index in [4.69, 9.17) is 39.6 Å². The maximum Gasteiger partial charge on any atom is 0.498 e. The van der Waals surface area contributed by atoms with Crippen molar-refractivity contribution >= 4 is 25.2 Å². The third-order valence-corrected chi connectivity index (χ3v) is 6.73. The van der Waals surface area contributed by atoms with Crippen LogP contribution in [0, 0.1) is 0 Å². The highest BCUT2D eigenvalue weighted by atomic mass is 16.6. The van der Waals surface area contributed by atoms with Crippen LogP contribution in [0.5, 0.6) is 11.5 Å². The quantitative estimate of drug-likeness (QED) is 0.652. The molecule has 33 heavy (non-hydrogen) atoms. The monoisotopic (exact) mass is 450 g/mol. The molecule has 4 aliphatic rings. The van der Waals surface area contributed by atoms with E-state index in [0.29, 0.717) is 26.2 Å². The van der Waals surface area contributed by atoms with Crippen molar-refractivity contribution in [2.45, 2.75) is 50.2 Å². The summed E-state index contributed by atoms with van der Waals surface area (Å²) in [6.07, 6.45) is -0.262. The third-order valence-electron chi connectivity index (χ3n) is 6.73. The van der Waals surface area contributed by atoms with Crippen LogP contribution in [-0.2, 0) is 18.6 Å². The first-order valence-electron chi connectivity index (χ1n) is 11.5. The molecule has 10 heteroatoms. The number of nitrogens with two attached hydrogens (primary N) is 2. The molecule has 0 fully saturated rings. The van der Waals surface area contributed by atoms with Gasteiger partial charge in [-0.25, -0.2) is 0 Å². The molecule has 0 saturated carbocycles. The van der Waals surface area contributed by atoms with Crippen molar-refractivity contribution in [1.82, 2.24) is 0 Å². The molecule has 4 heterocycles. The predicted octanol–water partition coefficient (Wildman–Crippen LogP) is 0.561. The lowest BCUT2D eigenvalue weighted by Crippen LogP contribution is -2.40. The van der Waals surface area contributed by atoms with E-state index < -0.39 is 19.8 Å². The van der Waals surface area contributed by atoms with Crippen LogP contribution in [0.3, 0.4) is 0 Å². The summed E-state index contributed by atoms with van der Waals surface area (Å²) >= 11 is 0.